The molecule has 0 spiro atoms. The largest absolute Gasteiger partial charge is 0.497 e. The van der Waals surface area contributed by atoms with Crippen molar-refractivity contribution in [3.63, 3.8) is 0 Å². The fourth-order valence-corrected chi connectivity index (χ4v) is 2.17. The highest BCUT2D eigenvalue weighted by atomic mass is 16.6. The van der Waals surface area contributed by atoms with Crippen molar-refractivity contribution in [1.82, 2.24) is 9.97 Å². The molecule has 0 aliphatic heterocycles. The van der Waals surface area contributed by atoms with Crippen LogP contribution in [0.15, 0.2) is 18.2 Å². The Balaban J connectivity index is 2.51. The molecule has 1 aromatic carbocycles. The maximum Gasteiger partial charge on any atom is 0.353 e. The van der Waals surface area contributed by atoms with E-state index in [9.17, 15) is 10.1 Å². The van der Waals surface area contributed by atoms with Crippen LogP contribution >= 0.6 is 0 Å². The fraction of sp³-hybridized carbons (Fsp3) is 0.375. The Morgan fingerprint density at radius 3 is 2.62 bits per heavy atom. The summed E-state index contributed by atoms with van der Waals surface area (Å²) in [5.41, 5.74) is 5.83. The normalized spacial score (nSPS) is 11.5. The zero-order valence-electron chi connectivity index (χ0n) is 15.1. The first-order valence-electron chi connectivity index (χ1n) is 7.97. The lowest BCUT2D eigenvalue weighted by Crippen LogP contribution is -2.17. The highest BCUT2D eigenvalue weighted by Crippen LogP contribution is 2.36. The van der Waals surface area contributed by atoms with E-state index in [0.29, 0.717) is 17.2 Å². The quantitative estimate of drug-likeness (QED) is 0.478. The Labute approximate surface area is 150 Å². The second kappa shape index (κ2) is 8.19. The second-order valence-electron chi connectivity index (χ2n) is 5.53. The Morgan fingerprint density at radius 1 is 1.31 bits per heavy atom. The van der Waals surface area contributed by atoms with Crippen molar-refractivity contribution in [1.29, 1.82) is 0 Å². The van der Waals surface area contributed by atoms with E-state index < -0.39 is 10.6 Å². The van der Waals surface area contributed by atoms with Gasteiger partial charge in [-0.2, -0.15) is 9.97 Å². The lowest BCUT2D eigenvalue weighted by molar-refractivity contribution is -0.383. The molecule has 0 unspecified atom stereocenters. The van der Waals surface area contributed by atoms with Gasteiger partial charge in [-0.3, -0.25) is 10.1 Å². The van der Waals surface area contributed by atoms with E-state index in [1.807, 2.05) is 13.8 Å². The molecule has 0 bridgehead atoms. The van der Waals surface area contributed by atoms with E-state index >= 15 is 0 Å². The number of hydrogen-bond donors (Lipinski definition) is 3. The van der Waals surface area contributed by atoms with Crippen LogP contribution in [0, 0.1) is 10.1 Å². The first-order chi connectivity index (χ1) is 12.4. The number of nitro groups is 1. The van der Waals surface area contributed by atoms with E-state index in [0.717, 1.165) is 6.42 Å². The van der Waals surface area contributed by atoms with Gasteiger partial charge in [-0.1, -0.05) is 6.92 Å². The van der Waals surface area contributed by atoms with Crippen LogP contribution < -0.4 is 25.8 Å². The van der Waals surface area contributed by atoms with Crippen LogP contribution in [0.4, 0.5) is 29.0 Å². The summed E-state index contributed by atoms with van der Waals surface area (Å²) in [7, 11) is 3.01. The molecule has 10 heteroatoms. The van der Waals surface area contributed by atoms with Gasteiger partial charge in [-0.15, -0.1) is 0 Å². The number of nitrogen functional groups attached to an aromatic ring is 1. The molecule has 26 heavy (non-hydrogen) atoms. The van der Waals surface area contributed by atoms with E-state index in [1.165, 1.54) is 14.2 Å². The van der Waals surface area contributed by atoms with Crippen LogP contribution in [-0.4, -0.2) is 35.2 Å². The molecule has 4 N–H and O–H groups in total. The Hall–Kier alpha value is -3.30. The number of nitrogens with zero attached hydrogens (tertiary/aromatic N) is 3. The van der Waals surface area contributed by atoms with E-state index in [-0.39, 0.29) is 23.6 Å². The summed E-state index contributed by atoms with van der Waals surface area (Å²) in [6, 6.07) is 5.11. The van der Waals surface area contributed by atoms with Crippen molar-refractivity contribution in [3.8, 4) is 11.5 Å². The number of rotatable bonds is 8. The van der Waals surface area contributed by atoms with Gasteiger partial charge in [-0.25, -0.2) is 0 Å². The summed E-state index contributed by atoms with van der Waals surface area (Å²) in [4.78, 5) is 19.0. The third-order valence-electron chi connectivity index (χ3n) is 3.74. The number of methoxy groups -OCH3 is 2. The summed E-state index contributed by atoms with van der Waals surface area (Å²) >= 11 is 0. The van der Waals surface area contributed by atoms with Crippen molar-refractivity contribution in [2.24, 2.45) is 0 Å². The molecule has 2 rings (SSSR count). The Bertz CT molecular complexity index is 799. The maximum absolute atomic E-state index is 11.4. The van der Waals surface area contributed by atoms with Crippen molar-refractivity contribution >= 4 is 29.0 Å². The molecule has 10 nitrogen and oxygen atoms in total. The zero-order valence-corrected chi connectivity index (χ0v) is 15.1. The van der Waals surface area contributed by atoms with Crippen LogP contribution in [0.2, 0.25) is 0 Å². The van der Waals surface area contributed by atoms with Gasteiger partial charge in [0.25, 0.3) is 0 Å². The van der Waals surface area contributed by atoms with Gasteiger partial charge in [0.1, 0.15) is 11.5 Å². The monoisotopic (exact) mass is 362 g/mol. The predicted octanol–water partition coefficient (Wildman–Crippen LogP) is 2.94. The SMILES string of the molecule is CC[C@@H](C)Nc1nc(N)c([N+](=O)[O-])c(Nc2cc(OC)ccc2OC)n1. The lowest BCUT2D eigenvalue weighted by Gasteiger charge is -2.15. The summed E-state index contributed by atoms with van der Waals surface area (Å²) < 4.78 is 10.5. The van der Waals surface area contributed by atoms with E-state index in [4.69, 9.17) is 15.2 Å². The molecule has 0 fully saturated rings. The molecular formula is C16H22N6O4. The molecule has 1 heterocycles. The molecule has 140 valence electrons. The molecule has 0 aliphatic rings. The topological polar surface area (TPSA) is 137 Å². The number of anilines is 4. The van der Waals surface area contributed by atoms with Gasteiger partial charge in [0.05, 0.1) is 24.8 Å². The molecule has 0 saturated carbocycles. The zero-order chi connectivity index (χ0) is 19.3. The summed E-state index contributed by atoms with van der Waals surface area (Å²) in [5.74, 6) is 0.941. The first kappa shape index (κ1) is 19.0. The smallest absolute Gasteiger partial charge is 0.353 e. The van der Waals surface area contributed by atoms with Gasteiger partial charge in [0.15, 0.2) is 0 Å². The molecular weight excluding hydrogens is 340 g/mol. The third-order valence-corrected chi connectivity index (χ3v) is 3.74. The molecule has 1 aromatic heterocycles. The molecule has 1 atom stereocenters. The molecule has 0 radical (unpaired) electrons. The molecule has 0 amide bonds. The van der Waals surface area contributed by atoms with Gasteiger partial charge in [0.2, 0.25) is 17.6 Å². The van der Waals surface area contributed by atoms with Gasteiger partial charge < -0.3 is 25.8 Å². The molecule has 2 aromatic rings. The minimum atomic E-state index is -0.628. The van der Waals surface area contributed by atoms with Crippen LogP contribution in [0.3, 0.4) is 0 Å². The van der Waals surface area contributed by atoms with Gasteiger partial charge in [0, 0.05) is 12.1 Å². The minimum Gasteiger partial charge on any atom is -0.497 e. The average Bonchev–Trinajstić information content (AvgIpc) is 2.60. The number of nitrogens with two attached hydrogens (primary N) is 1. The minimum absolute atomic E-state index is 0.0418. The van der Waals surface area contributed by atoms with Crippen molar-refractivity contribution in [3.05, 3.63) is 28.3 Å². The highest BCUT2D eigenvalue weighted by molar-refractivity contribution is 5.77. The lowest BCUT2D eigenvalue weighted by atomic mass is 10.2. The van der Waals surface area contributed by atoms with Crippen molar-refractivity contribution < 1.29 is 14.4 Å². The van der Waals surface area contributed by atoms with Crippen LogP contribution in [0.1, 0.15) is 20.3 Å². The van der Waals surface area contributed by atoms with E-state index in [1.54, 1.807) is 18.2 Å². The van der Waals surface area contributed by atoms with Gasteiger partial charge >= 0.3 is 5.69 Å². The maximum atomic E-state index is 11.4. The summed E-state index contributed by atoms with van der Waals surface area (Å²) in [6.07, 6.45) is 0.826. The summed E-state index contributed by atoms with van der Waals surface area (Å²) in [5, 5.41) is 17.4. The third kappa shape index (κ3) is 4.21. The summed E-state index contributed by atoms with van der Waals surface area (Å²) in [6.45, 7) is 3.94. The predicted molar refractivity (Wildman–Crippen MR) is 99.3 cm³/mol. The second-order valence-corrected chi connectivity index (χ2v) is 5.53. The Morgan fingerprint density at radius 2 is 2.04 bits per heavy atom. The Kier molecular flexibility index (Phi) is 5.99. The standard InChI is InChI=1S/C16H22N6O4/c1-5-9(2)18-16-20-14(17)13(22(23)24)15(21-16)19-11-8-10(25-3)6-7-12(11)26-4/h6-9H,5H2,1-4H3,(H4,17,18,19,20,21)/t9-/m1/s1. The highest BCUT2D eigenvalue weighted by Gasteiger charge is 2.24. The number of ether oxygens (including phenoxy) is 2. The number of aromatic nitrogens is 2. The first-order valence-corrected chi connectivity index (χ1v) is 7.97. The fourth-order valence-electron chi connectivity index (χ4n) is 2.17. The molecule has 0 saturated heterocycles. The van der Waals surface area contributed by atoms with Crippen LogP contribution in [-0.2, 0) is 0 Å². The number of nitrogens with one attached hydrogen (secondary N) is 2. The average molecular weight is 362 g/mol. The number of hydrogen-bond acceptors (Lipinski definition) is 9. The van der Waals surface area contributed by atoms with Crippen LogP contribution in [0.5, 0.6) is 11.5 Å². The molecule has 0 aliphatic carbocycles. The number of benzene rings is 1. The van der Waals surface area contributed by atoms with Crippen molar-refractivity contribution in [2.75, 3.05) is 30.6 Å². The van der Waals surface area contributed by atoms with E-state index in [2.05, 4.69) is 20.6 Å². The van der Waals surface area contributed by atoms with Gasteiger partial charge in [-0.05, 0) is 25.5 Å². The van der Waals surface area contributed by atoms with Crippen LogP contribution in [0.25, 0.3) is 0 Å². The van der Waals surface area contributed by atoms with Crippen molar-refractivity contribution in [2.45, 2.75) is 26.3 Å².